The summed E-state index contributed by atoms with van der Waals surface area (Å²) in [6, 6.07) is 10.9. The second-order valence-corrected chi connectivity index (χ2v) is 10.5. The van der Waals surface area contributed by atoms with Gasteiger partial charge in [-0.15, -0.1) is 0 Å². The molecule has 2 aromatic rings. The molecule has 1 heterocycles. The molecule has 140 valence electrons. The van der Waals surface area contributed by atoms with Crippen molar-refractivity contribution < 1.29 is 21.2 Å². The van der Waals surface area contributed by atoms with Crippen molar-refractivity contribution in [1.29, 1.82) is 0 Å². The summed E-state index contributed by atoms with van der Waals surface area (Å²) in [6.45, 7) is 0.183. The third-order valence-corrected chi connectivity index (χ3v) is 8.45. The first-order valence-electron chi connectivity index (χ1n) is 7.73. The molecule has 26 heavy (non-hydrogen) atoms. The zero-order chi connectivity index (χ0) is 18.9. The fraction of sp³-hybridized carbons (Fsp3) is 0.250. The summed E-state index contributed by atoms with van der Waals surface area (Å²) in [6.07, 6.45) is 0. The van der Waals surface area contributed by atoms with Gasteiger partial charge in [0.15, 0.2) is 0 Å². The van der Waals surface area contributed by atoms with Crippen molar-refractivity contribution >= 4 is 36.0 Å². The molecule has 0 radical (unpaired) electrons. The Morgan fingerprint density at radius 3 is 1.42 bits per heavy atom. The van der Waals surface area contributed by atoms with Crippen LogP contribution in [0.5, 0.6) is 0 Å². The van der Waals surface area contributed by atoms with Crippen LogP contribution in [0.4, 0.5) is 4.39 Å². The number of sulfonamides is 2. The van der Waals surface area contributed by atoms with Crippen molar-refractivity contribution in [3.8, 4) is 0 Å². The van der Waals surface area contributed by atoms with E-state index in [0.717, 1.165) is 16.6 Å². The molecule has 6 nitrogen and oxygen atoms in total. The Kier molecular flexibility index (Phi) is 5.50. The Morgan fingerprint density at radius 2 is 1.04 bits per heavy atom. The molecule has 0 bridgehead atoms. The fourth-order valence-electron chi connectivity index (χ4n) is 2.66. The van der Waals surface area contributed by atoms with Crippen LogP contribution >= 0.6 is 15.9 Å². The molecule has 1 fully saturated rings. The van der Waals surface area contributed by atoms with E-state index in [1.165, 1.54) is 32.9 Å². The number of hydrogen-bond acceptors (Lipinski definition) is 4. The molecule has 0 amide bonds. The lowest BCUT2D eigenvalue weighted by molar-refractivity contribution is 0.273. The van der Waals surface area contributed by atoms with Crippen LogP contribution in [-0.2, 0) is 20.0 Å². The largest absolute Gasteiger partial charge is 0.243 e. The number of hydrogen-bond donors (Lipinski definition) is 0. The molecule has 3 rings (SSSR count). The fourth-order valence-corrected chi connectivity index (χ4v) is 5.77. The molecule has 0 aromatic heterocycles. The predicted octanol–water partition coefficient (Wildman–Crippen LogP) is 2.28. The average Bonchev–Trinajstić information content (AvgIpc) is 2.62. The Bertz CT molecular complexity index is 902. The number of halogens is 2. The number of piperazine rings is 1. The van der Waals surface area contributed by atoms with E-state index in [-0.39, 0.29) is 36.0 Å². The van der Waals surface area contributed by atoms with E-state index in [4.69, 9.17) is 0 Å². The first-order valence-corrected chi connectivity index (χ1v) is 11.4. The lowest BCUT2D eigenvalue weighted by Crippen LogP contribution is -2.50. The molecule has 0 N–H and O–H groups in total. The maximum Gasteiger partial charge on any atom is 0.243 e. The highest BCUT2D eigenvalue weighted by atomic mass is 79.9. The summed E-state index contributed by atoms with van der Waals surface area (Å²) >= 11 is 3.26. The predicted molar refractivity (Wildman–Crippen MR) is 98.1 cm³/mol. The van der Waals surface area contributed by atoms with Crippen molar-refractivity contribution in [2.24, 2.45) is 0 Å². The highest BCUT2D eigenvalue weighted by molar-refractivity contribution is 9.10. The Labute approximate surface area is 160 Å². The van der Waals surface area contributed by atoms with E-state index in [1.807, 2.05) is 0 Å². The smallest absolute Gasteiger partial charge is 0.207 e. The van der Waals surface area contributed by atoms with Crippen LogP contribution in [0, 0.1) is 5.82 Å². The summed E-state index contributed by atoms with van der Waals surface area (Å²) in [5, 5.41) is 0. The van der Waals surface area contributed by atoms with Crippen molar-refractivity contribution in [2.45, 2.75) is 9.79 Å². The first-order chi connectivity index (χ1) is 12.2. The molecule has 0 unspecified atom stereocenters. The summed E-state index contributed by atoms with van der Waals surface area (Å²) < 4.78 is 66.8. The minimum Gasteiger partial charge on any atom is -0.207 e. The van der Waals surface area contributed by atoms with E-state index in [9.17, 15) is 21.2 Å². The zero-order valence-corrected chi connectivity index (χ0v) is 16.8. The molecule has 1 aliphatic rings. The van der Waals surface area contributed by atoms with Crippen LogP contribution in [0.25, 0.3) is 0 Å². The van der Waals surface area contributed by atoms with Crippen LogP contribution in [0.15, 0.2) is 62.8 Å². The highest BCUT2D eigenvalue weighted by Crippen LogP contribution is 2.23. The van der Waals surface area contributed by atoms with Gasteiger partial charge in [-0.3, -0.25) is 0 Å². The van der Waals surface area contributed by atoms with Crippen molar-refractivity contribution in [3.05, 3.63) is 58.8 Å². The van der Waals surface area contributed by atoms with Gasteiger partial charge in [0.1, 0.15) is 5.82 Å². The van der Waals surface area contributed by atoms with E-state index >= 15 is 0 Å². The SMILES string of the molecule is O=S(=O)(c1ccc(F)cc1)N1CCN(S(=O)(=O)c2ccc(Br)cc2)CC1. The summed E-state index contributed by atoms with van der Waals surface area (Å²) in [5.74, 6) is -0.519. The third kappa shape index (κ3) is 3.84. The Balaban J connectivity index is 1.74. The minimum atomic E-state index is -3.78. The maximum absolute atomic E-state index is 13.0. The van der Waals surface area contributed by atoms with Crippen molar-refractivity contribution in [2.75, 3.05) is 26.2 Å². The molecule has 0 saturated carbocycles. The third-order valence-electron chi connectivity index (χ3n) is 4.10. The van der Waals surface area contributed by atoms with Crippen LogP contribution in [-0.4, -0.2) is 51.6 Å². The lowest BCUT2D eigenvalue weighted by atomic mass is 10.4. The molecule has 10 heteroatoms. The van der Waals surface area contributed by atoms with Gasteiger partial charge in [-0.2, -0.15) is 8.61 Å². The second kappa shape index (κ2) is 7.35. The molecule has 1 aliphatic heterocycles. The normalized spacial score (nSPS) is 17.3. The van der Waals surface area contributed by atoms with Crippen molar-refractivity contribution in [1.82, 2.24) is 8.61 Å². The summed E-state index contributed by atoms with van der Waals surface area (Å²) in [7, 11) is -7.46. The maximum atomic E-state index is 13.0. The van der Waals surface area contributed by atoms with Crippen LogP contribution in [0.1, 0.15) is 0 Å². The van der Waals surface area contributed by atoms with E-state index in [1.54, 1.807) is 12.1 Å². The van der Waals surface area contributed by atoms with Crippen LogP contribution < -0.4 is 0 Å². The molecule has 1 saturated heterocycles. The molecule has 2 aromatic carbocycles. The van der Waals surface area contributed by atoms with E-state index < -0.39 is 25.9 Å². The van der Waals surface area contributed by atoms with Gasteiger partial charge in [-0.25, -0.2) is 21.2 Å². The first kappa shape index (κ1) is 19.4. The number of benzene rings is 2. The van der Waals surface area contributed by atoms with Gasteiger partial charge in [0.05, 0.1) is 9.79 Å². The second-order valence-electron chi connectivity index (χ2n) is 5.72. The van der Waals surface area contributed by atoms with Gasteiger partial charge in [0, 0.05) is 30.7 Å². The number of nitrogens with zero attached hydrogens (tertiary/aromatic N) is 2. The van der Waals surface area contributed by atoms with Gasteiger partial charge < -0.3 is 0 Å². The average molecular weight is 463 g/mol. The minimum absolute atomic E-state index is 0.0110. The van der Waals surface area contributed by atoms with Gasteiger partial charge in [-0.1, -0.05) is 15.9 Å². The Morgan fingerprint density at radius 1 is 0.692 bits per heavy atom. The summed E-state index contributed by atoms with van der Waals surface area (Å²) in [5.41, 5.74) is 0. The summed E-state index contributed by atoms with van der Waals surface area (Å²) in [4.78, 5) is 0.152. The molecule has 0 aliphatic carbocycles. The molecular formula is C16H16BrFN2O4S2. The molecule has 0 spiro atoms. The lowest BCUT2D eigenvalue weighted by Gasteiger charge is -2.33. The Hall–Kier alpha value is -1.33. The molecule has 0 atom stereocenters. The highest BCUT2D eigenvalue weighted by Gasteiger charge is 2.33. The van der Waals surface area contributed by atoms with Gasteiger partial charge in [0.25, 0.3) is 0 Å². The topological polar surface area (TPSA) is 74.8 Å². The monoisotopic (exact) mass is 462 g/mol. The number of rotatable bonds is 4. The standard InChI is InChI=1S/C16H16BrFN2O4S2/c17-13-1-5-15(6-2-13)25(21,22)19-9-11-20(12-10-19)26(23,24)16-7-3-14(18)4-8-16/h1-8H,9-12H2. The van der Waals surface area contributed by atoms with E-state index in [0.29, 0.717) is 0 Å². The zero-order valence-electron chi connectivity index (χ0n) is 13.5. The van der Waals surface area contributed by atoms with Gasteiger partial charge in [-0.05, 0) is 48.5 Å². The quantitative estimate of drug-likeness (QED) is 0.698. The van der Waals surface area contributed by atoms with Crippen LogP contribution in [0.2, 0.25) is 0 Å². The van der Waals surface area contributed by atoms with E-state index in [2.05, 4.69) is 15.9 Å². The van der Waals surface area contributed by atoms with Gasteiger partial charge >= 0.3 is 0 Å². The molecular weight excluding hydrogens is 447 g/mol. The van der Waals surface area contributed by atoms with Crippen molar-refractivity contribution in [3.63, 3.8) is 0 Å². The van der Waals surface area contributed by atoms with Gasteiger partial charge in [0.2, 0.25) is 20.0 Å². The van der Waals surface area contributed by atoms with Crippen LogP contribution in [0.3, 0.4) is 0 Å².